The summed E-state index contributed by atoms with van der Waals surface area (Å²) in [7, 11) is 0. The molecule has 0 spiro atoms. The van der Waals surface area contributed by atoms with Crippen molar-refractivity contribution in [2.24, 2.45) is 0 Å². The summed E-state index contributed by atoms with van der Waals surface area (Å²) < 4.78 is 12.0. The molecule has 0 saturated carbocycles. The van der Waals surface area contributed by atoms with Crippen LogP contribution in [0.25, 0.3) is 6.08 Å². The summed E-state index contributed by atoms with van der Waals surface area (Å²) in [5.41, 5.74) is 1.45. The van der Waals surface area contributed by atoms with Gasteiger partial charge >= 0.3 is 5.97 Å². The van der Waals surface area contributed by atoms with E-state index in [-0.39, 0.29) is 11.3 Å². The van der Waals surface area contributed by atoms with Gasteiger partial charge in [0.15, 0.2) is 11.5 Å². The fourth-order valence-corrected chi connectivity index (χ4v) is 3.01. The highest BCUT2D eigenvalue weighted by Gasteiger charge is 2.14. The molecule has 0 radical (unpaired) electrons. The number of hydrogen-bond donors (Lipinski definition) is 1. The number of hydrogen-bond acceptors (Lipinski definition) is 5. The largest absolute Gasteiger partial charge is 0.490 e. The van der Waals surface area contributed by atoms with Gasteiger partial charge in [-0.25, -0.2) is 4.79 Å². The molecule has 7 heteroatoms. The lowest BCUT2D eigenvalue weighted by Crippen LogP contribution is -2.13. The van der Waals surface area contributed by atoms with Gasteiger partial charge < -0.3 is 14.8 Å². The molecule has 0 atom stereocenters. The van der Waals surface area contributed by atoms with Gasteiger partial charge in [0.1, 0.15) is 11.6 Å². The molecule has 0 aliphatic carbocycles. The summed E-state index contributed by atoms with van der Waals surface area (Å²) in [5.74, 6) is -0.472. The van der Waals surface area contributed by atoms with Crippen LogP contribution < -0.4 is 14.8 Å². The first-order valence-corrected chi connectivity index (χ1v) is 10.5. The lowest BCUT2D eigenvalue weighted by molar-refractivity contribution is -0.112. The van der Waals surface area contributed by atoms with Crippen molar-refractivity contribution >= 4 is 39.6 Å². The second kappa shape index (κ2) is 10.9. The number of benzene rings is 3. The van der Waals surface area contributed by atoms with Crippen molar-refractivity contribution in [2.75, 3.05) is 11.9 Å². The van der Waals surface area contributed by atoms with Crippen LogP contribution in [-0.4, -0.2) is 18.5 Å². The van der Waals surface area contributed by atoms with E-state index in [1.165, 1.54) is 6.08 Å². The molecule has 6 nitrogen and oxygen atoms in total. The average molecular weight is 491 g/mol. The maximum absolute atomic E-state index is 12.5. The number of ether oxygens (including phenoxy) is 2. The zero-order chi connectivity index (χ0) is 22.9. The first kappa shape index (κ1) is 22.8. The predicted molar refractivity (Wildman–Crippen MR) is 125 cm³/mol. The Morgan fingerprint density at radius 3 is 2.41 bits per heavy atom. The van der Waals surface area contributed by atoms with E-state index in [2.05, 4.69) is 21.2 Å². The SMILES string of the molecule is CCOc1cc(/C=C(\C#N)C(=O)Nc2ccc(Br)cc2)ccc1OC(=O)c1ccccc1. The molecule has 0 fully saturated rings. The standard InChI is InChI=1S/C25H19BrN2O4/c1-2-31-23-15-17(8-13-22(23)32-25(30)18-6-4-3-5-7-18)14-19(16-27)24(29)28-21-11-9-20(26)10-12-21/h3-15H,2H2,1H3,(H,28,29)/b19-14+. The first-order valence-electron chi connectivity index (χ1n) is 9.73. The predicted octanol–water partition coefficient (Wildman–Crippen LogP) is 5.61. The van der Waals surface area contributed by atoms with Crippen LogP contribution in [-0.2, 0) is 4.79 Å². The Balaban J connectivity index is 1.81. The van der Waals surface area contributed by atoms with Gasteiger partial charge in [-0.3, -0.25) is 4.79 Å². The maximum Gasteiger partial charge on any atom is 0.343 e. The quantitative estimate of drug-likeness (QED) is 0.201. The Kier molecular flexibility index (Phi) is 7.79. The average Bonchev–Trinajstić information content (AvgIpc) is 2.81. The van der Waals surface area contributed by atoms with Crippen LogP contribution in [0.15, 0.2) is 82.8 Å². The van der Waals surface area contributed by atoms with Crippen LogP contribution in [0, 0.1) is 11.3 Å². The van der Waals surface area contributed by atoms with Crippen LogP contribution >= 0.6 is 15.9 Å². The third kappa shape index (κ3) is 6.06. The van der Waals surface area contributed by atoms with Gasteiger partial charge in [-0.05, 0) is 67.1 Å². The van der Waals surface area contributed by atoms with E-state index in [1.54, 1.807) is 73.7 Å². The fraction of sp³-hybridized carbons (Fsp3) is 0.0800. The van der Waals surface area contributed by atoms with Crippen molar-refractivity contribution in [3.05, 3.63) is 94.0 Å². The Hall–Kier alpha value is -3.89. The molecule has 0 bridgehead atoms. The summed E-state index contributed by atoms with van der Waals surface area (Å²) in [6.45, 7) is 2.15. The number of halogens is 1. The van der Waals surface area contributed by atoms with Crippen LogP contribution in [0.5, 0.6) is 11.5 Å². The van der Waals surface area contributed by atoms with Gasteiger partial charge in [0, 0.05) is 10.2 Å². The van der Waals surface area contributed by atoms with Crippen molar-refractivity contribution in [1.29, 1.82) is 5.26 Å². The normalized spacial score (nSPS) is 10.7. The fourth-order valence-electron chi connectivity index (χ4n) is 2.75. The van der Waals surface area contributed by atoms with E-state index in [4.69, 9.17) is 9.47 Å². The minimum atomic E-state index is -0.535. The zero-order valence-corrected chi connectivity index (χ0v) is 18.8. The van der Waals surface area contributed by atoms with E-state index in [9.17, 15) is 14.9 Å². The van der Waals surface area contributed by atoms with Crippen LogP contribution in [0.1, 0.15) is 22.8 Å². The Morgan fingerprint density at radius 1 is 1.03 bits per heavy atom. The summed E-state index contributed by atoms with van der Waals surface area (Å²) in [4.78, 5) is 24.9. The van der Waals surface area contributed by atoms with Crippen LogP contribution in [0.2, 0.25) is 0 Å². The summed E-state index contributed by atoms with van der Waals surface area (Å²) >= 11 is 3.33. The number of carbonyl (C=O) groups excluding carboxylic acids is 2. The van der Waals surface area contributed by atoms with Crippen molar-refractivity contribution in [3.63, 3.8) is 0 Å². The third-order valence-corrected chi connectivity index (χ3v) is 4.79. The molecule has 0 aliphatic rings. The molecule has 0 saturated heterocycles. The Labute approximate surface area is 194 Å². The molecular formula is C25H19BrN2O4. The van der Waals surface area contributed by atoms with Crippen molar-refractivity contribution < 1.29 is 19.1 Å². The molecule has 0 unspecified atom stereocenters. The van der Waals surface area contributed by atoms with Gasteiger partial charge in [0.2, 0.25) is 0 Å². The summed E-state index contributed by atoms with van der Waals surface area (Å²) in [6, 6.07) is 22.4. The van der Waals surface area contributed by atoms with Crippen molar-refractivity contribution in [2.45, 2.75) is 6.92 Å². The number of nitrogens with zero attached hydrogens (tertiary/aromatic N) is 1. The molecule has 1 N–H and O–H groups in total. The van der Waals surface area contributed by atoms with Gasteiger partial charge in [-0.1, -0.05) is 40.2 Å². The van der Waals surface area contributed by atoms with Gasteiger partial charge in [0.25, 0.3) is 5.91 Å². The molecule has 3 rings (SSSR count). The highest BCUT2D eigenvalue weighted by atomic mass is 79.9. The van der Waals surface area contributed by atoms with Crippen LogP contribution in [0.3, 0.4) is 0 Å². The lowest BCUT2D eigenvalue weighted by atomic mass is 10.1. The van der Waals surface area contributed by atoms with E-state index in [0.29, 0.717) is 29.2 Å². The summed E-state index contributed by atoms with van der Waals surface area (Å²) in [6.07, 6.45) is 1.44. The number of carbonyl (C=O) groups is 2. The molecule has 3 aromatic rings. The molecule has 1 amide bonds. The molecule has 32 heavy (non-hydrogen) atoms. The van der Waals surface area contributed by atoms with Crippen molar-refractivity contribution in [1.82, 2.24) is 0 Å². The number of nitrogens with one attached hydrogen (secondary N) is 1. The molecule has 160 valence electrons. The Bertz CT molecular complexity index is 1180. The lowest BCUT2D eigenvalue weighted by Gasteiger charge is -2.12. The van der Waals surface area contributed by atoms with Crippen molar-refractivity contribution in [3.8, 4) is 17.6 Å². The van der Waals surface area contributed by atoms with E-state index in [1.807, 2.05) is 12.1 Å². The number of rotatable bonds is 7. The van der Waals surface area contributed by atoms with Crippen LogP contribution in [0.4, 0.5) is 5.69 Å². The zero-order valence-electron chi connectivity index (χ0n) is 17.2. The maximum atomic E-state index is 12.5. The number of esters is 1. The second-order valence-electron chi connectivity index (χ2n) is 6.53. The van der Waals surface area contributed by atoms with E-state index < -0.39 is 11.9 Å². The number of anilines is 1. The minimum absolute atomic E-state index is 0.0793. The number of nitriles is 1. The van der Waals surface area contributed by atoms with Gasteiger partial charge in [0.05, 0.1) is 12.2 Å². The van der Waals surface area contributed by atoms with Gasteiger partial charge in [-0.2, -0.15) is 5.26 Å². The first-order chi connectivity index (χ1) is 15.5. The highest BCUT2D eigenvalue weighted by Crippen LogP contribution is 2.30. The second-order valence-corrected chi connectivity index (χ2v) is 7.44. The number of amides is 1. The minimum Gasteiger partial charge on any atom is -0.490 e. The van der Waals surface area contributed by atoms with Gasteiger partial charge in [-0.15, -0.1) is 0 Å². The topological polar surface area (TPSA) is 88.4 Å². The highest BCUT2D eigenvalue weighted by molar-refractivity contribution is 9.10. The van der Waals surface area contributed by atoms with E-state index in [0.717, 1.165) is 4.47 Å². The molecule has 3 aromatic carbocycles. The smallest absolute Gasteiger partial charge is 0.343 e. The molecule has 0 heterocycles. The molecule has 0 aromatic heterocycles. The molecule has 0 aliphatic heterocycles. The summed E-state index contributed by atoms with van der Waals surface area (Å²) in [5, 5.41) is 12.1. The monoisotopic (exact) mass is 490 g/mol. The molecular weight excluding hydrogens is 472 g/mol. The Morgan fingerprint density at radius 2 is 1.75 bits per heavy atom. The van der Waals surface area contributed by atoms with E-state index >= 15 is 0 Å². The third-order valence-electron chi connectivity index (χ3n) is 4.26.